The van der Waals surface area contributed by atoms with Crippen LogP contribution in [0.2, 0.25) is 6.55 Å². The highest BCUT2D eigenvalue weighted by Crippen LogP contribution is 2.08. The van der Waals surface area contributed by atoms with Crippen LogP contribution in [0.5, 0.6) is 0 Å². The molecule has 0 aromatic rings. The summed E-state index contributed by atoms with van der Waals surface area (Å²) in [5, 5.41) is 0. The molecular formula is C3H9BN2SSi. The lowest BCUT2D eigenvalue weighted by Gasteiger charge is -2.16. The van der Waals surface area contributed by atoms with Crippen molar-refractivity contribution in [2.24, 2.45) is 0 Å². The van der Waals surface area contributed by atoms with Crippen LogP contribution in [0.25, 0.3) is 0 Å². The van der Waals surface area contributed by atoms with Crippen LogP contribution in [0, 0.1) is 0 Å². The summed E-state index contributed by atoms with van der Waals surface area (Å²) in [5.41, 5.74) is 0. The van der Waals surface area contributed by atoms with Crippen molar-refractivity contribution in [1.29, 1.82) is 0 Å². The second-order valence-corrected chi connectivity index (χ2v) is 5.53. The third-order valence-electron chi connectivity index (χ3n) is 1.50. The highest BCUT2D eigenvalue weighted by atomic mass is 32.1. The molecule has 1 fully saturated rings. The quantitative estimate of drug-likeness (QED) is 0.357. The van der Waals surface area contributed by atoms with Crippen LogP contribution in [0.4, 0.5) is 0 Å². The topological polar surface area (TPSA) is 6.48 Å². The van der Waals surface area contributed by atoms with Crippen molar-refractivity contribution in [3.8, 4) is 0 Å². The van der Waals surface area contributed by atoms with Gasteiger partial charge in [0.15, 0.2) is 17.1 Å². The maximum Gasteiger partial charge on any atom is 0.185 e. The van der Waals surface area contributed by atoms with Crippen molar-refractivity contribution in [3.05, 3.63) is 0 Å². The Kier molecular flexibility index (Phi) is 2.03. The summed E-state index contributed by atoms with van der Waals surface area (Å²) in [6, 6.07) is 0. The molecule has 2 radical (unpaired) electrons. The normalized spacial score (nSPS) is 34.0. The molecule has 0 bridgehead atoms. The molecule has 0 aromatic heterocycles. The van der Waals surface area contributed by atoms with E-state index in [1.165, 1.54) is 0 Å². The molecule has 1 rings (SSSR count). The molecule has 0 N–H and O–H groups in total. The predicted molar refractivity (Wildman–Crippen MR) is 41.2 cm³/mol. The van der Waals surface area contributed by atoms with Crippen molar-refractivity contribution in [2.45, 2.75) is 6.55 Å². The lowest BCUT2D eigenvalue weighted by atomic mass is 10.4. The molecule has 1 atom stereocenters. The molecule has 1 saturated heterocycles. The fourth-order valence-electron chi connectivity index (χ4n) is 0.763. The minimum absolute atomic E-state index is 0.929. The molecule has 0 spiro atoms. The number of hydrogen-bond acceptors (Lipinski definition) is 3. The van der Waals surface area contributed by atoms with Crippen LogP contribution >= 0.6 is 12.8 Å². The average Bonchev–Trinajstić information content (AvgIpc) is 1.98. The Morgan fingerprint density at radius 3 is 2.38 bits per heavy atom. The Morgan fingerprint density at radius 2 is 2.25 bits per heavy atom. The van der Waals surface area contributed by atoms with Gasteiger partial charge in [-0.25, -0.2) is 0 Å². The average molecular weight is 144 g/mol. The van der Waals surface area contributed by atoms with Gasteiger partial charge in [-0.2, -0.15) is 0 Å². The van der Waals surface area contributed by atoms with Gasteiger partial charge in [-0.05, 0) is 13.1 Å². The second-order valence-electron chi connectivity index (χ2n) is 2.03. The SMILES string of the molecule is [B]N1CCN(S)[SiH]1C. The molecule has 1 unspecified atom stereocenters. The van der Waals surface area contributed by atoms with E-state index >= 15 is 0 Å². The molecule has 2 nitrogen and oxygen atoms in total. The van der Waals surface area contributed by atoms with Crippen LogP contribution in [-0.4, -0.2) is 38.6 Å². The molecule has 1 heterocycles. The van der Waals surface area contributed by atoms with Crippen LogP contribution in [0.3, 0.4) is 0 Å². The Balaban J connectivity index is 2.44. The Bertz CT molecular complexity index is 83.4. The van der Waals surface area contributed by atoms with Gasteiger partial charge >= 0.3 is 0 Å². The number of rotatable bonds is 0. The maximum atomic E-state index is 5.57. The smallest absolute Gasteiger partial charge is 0.185 e. The van der Waals surface area contributed by atoms with Crippen LogP contribution in [0.1, 0.15) is 0 Å². The van der Waals surface area contributed by atoms with Crippen LogP contribution < -0.4 is 0 Å². The van der Waals surface area contributed by atoms with E-state index in [1.807, 2.05) is 4.48 Å². The Morgan fingerprint density at radius 1 is 1.62 bits per heavy atom. The van der Waals surface area contributed by atoms with E-state index < -0.39 is 9.12 Å². The fraction of sp³-hybridized carbons (Fsp3) is 1.00. The first kappa shape index (κ1) is 6.67. The van der Waals surface area contributed by atoms with Gasteiger partial charge in [-0.15, -0.1) is 12.8 Å². The van der Waals surface area contributed by atoms with E-state index in [9.17, 15) is 0 Å². The third kappa shape index (κ3) is 1.10. The van der Waals surface area contributed by atoms with Gasteiger partial charge in [0.05, 0.1) is 0 Å². The molecular weight excluding hydrogens is 135 g/mol. The van der Waals surface area contributed by atoms with Crippen LogP contribution in [-0.2, 0) is 0 Å². The van der Waals surface area contributed by atoms with E-state index in [0.717, 1.165) is 13.1 Å². The van der Waals surface area contributed by atoms with Crippen molar-refractivity contribution < 1.29 is 0 Å². The Hall–Kier alpha value is 0.552. The monoisotopic (exact) mass is 144 g/mol. The molecule has 0 aromatic carbocycles. The fourth-order valence-corrected chi connectivity index (χ4v) is 2.57. The van der Waals surface area contributed by atoms with E-state index in [0.29, 0.717) is 0 Å². The number of nitrogens with zero attached hydrogens (tertiary/aromatic N) is 2. The summed E-state index contributed by atoms with van der Waals surface area (Å²) in [4.78, 5) is 0. The van der Waals surface area contributed by atoms with Gasteiger partial charge in [-0.1, -0.05) is 0 Å². The lowest BCUT2D eigenvalue weighted by Crippen LogP contribution is -2.34. The minimum atomic E-state index is -0.929. The first-order valence-corrected chi connectivity index (χ1v) is 5.27. The molecule has 0 aliphatic carbocycles. The molecule has 1 aliphatic rings. The lowest BCUT2D eigenvalue weighted by molar-refractivity contribution is 0.708. The highest BCUT2D eigenvalue weighted by Gasteiger charge is 2.23. The molecule has 1 aliphatic heterocycles. The first-order valence-electron chi connectivity index (χ1n) is 2.68. The minimum Gasteiger partial charge on any atom is -0.364 e. The number of thiol groups is 1. The van der Waals surface area contributed by atoms with Crippen molar-refractivity contribution in [1.82, 2.24) is 8.45 Å². The molecule has 0 saturated carbocycles. The summed E-state index contributed by atoms with van der Waals surface area (Å²) in [6.45, 7) is 4.17. The van der Waals surface area contributed by atoms with E-state index in [4.69, 9.17) is 7.98 Å². The van der Waals surface area contributed by atoms with Gasteiger partial charge < -0.3 is 4.48 Å². The summed E-state index contributed by atoms with van der Waals surface area (Å²) in [6.07, 6.45) is 0. The van der Waals surface area contributed by atoms with E-state index in [-0.39, 0.29) is 0 Å². The molecule has 44 valence electrons. The molecule has 8 heavy (non-hydrogen) atoms. The van der Waals surface area contributed by atoms with Gasteiger partial charge in [0.2, 0.25) is 0 Å². The van der Waals surface area contributed by atoms with E-state index in [1.54, 1.807) is 0 Å². The number of hydrogen-bond donors (Lipinski definition) is 1. The van der Waals surface area contributed by atoms with Gasteiger partial charge in [0, 0.05) is 6.54 Å². The molecule has 5 heteroatoms. The van der Waals surface area contributed by atoms with Gasteiger partial charge in [0.25, 0.3) is 0 Å². The summed E-state index contributed by atoms with van der Waals surface area (Å²) < 4.78 is 3.97. The largest absolute Gasteiger partial charge is 0.364 e. The first-order chi connectivity index (χ1) is 3.72. The zero-order valence-electron chi connectivity index (χ0n) is 4.91. The van der Waals surface area contributed by atoms with E-state index in [2.05, 4.69) is 23.3 Å². The highest BCUT2D eigenvalue weighted by molar-refractivity contribution is 7.79. The van der Waals surface area contributed by atoms with Crippen LogP contribution in [0.15, 0.2) is 0 Å². The summed E-state index contributed by atoms with van der Waals surface area (Å²) in [7, 11) is 4.64. The van der Waals surface area contributed by atoms with Crippen molar-refractivity contribution in [3.63, 3.8) is 0 Å². The zero-order chi connectivity index (χ0) is 6.15. The van der Waals surface area contributed by atoms with Gasteiger partial charge in [0.1, 0.15) is 0 Å². The zero-order valence-corrected chi connectivity index (χ0v) is 6.96. The van der Waals surface area contributed by atoms with Crippen molar-refractivity contribution >= 4 is 29.9 Å². The summed E-state index contributed by atoms with van der Waals surface area (Å²) >= 11 is 4.22. The third-order valence-corrected chi connectivity index (χ3v) is 5.04. The maximum absolute atomic E-state index is 5.57. The predicted octanol–water partition coefficient (Wildman–Crippen LogP) is -0.617. The standard InChI is InChI=1S/C3H9BN2SSi/c1-8-5(4)2-3-6(8)7/h7-8H,2-3H2,1H3. The molecule has 0 amide bonds. The summed E-state index contributed by atoms with van der Waals surface area (Å²) in [5.74, 6) is 0. The van der Waals surface area contributed by atoms with Crippen molar-refractivity contribution in [2.75, 3.05) is 13.1 Å². The Labute approximate surface area is 58.6 Å². The second kappa shape index (κ2) is 2.43. The van der Waals surface area contributed by atoms with Gasteiger partial charge in [-0.3, -0.25) is 3.97 Å².